The Bertz CT molecular complexity index is 1180. The highest BCUT2D eigenvalue weighted by Gasteiger charge is 2.58. The number of nitrogens with zero attached hydrogens (tertiary/aromatic N) is 3. The van der Waals surface area contributed by atoms with Gasteiger partial charge in [-0.25, -0.2) is 14.5 Å². The molecule has 2 aliphatic carbocycles. The Hall–Kier alpha value is -3.47. The molecule has 0 bridgehead atoms. The van der Waals surface area contributed by atoms with Crippen LogP contribution in [0.5, 0.6) is 0 Å². The Morgan fingerprint density at radius 1 is 1.34 bits per heavy atom. The second-order valence-electron chi connectivity index (χ2n) is 9.23. The summed E-state index contributed by atoms with van der Waals surface area (Å²) in [5.41, 5.74) is 2.29. The molecule has 2 heterocycles. The molecule has 0 unspecified atom stereocenters. The molecule has 5 rings (SSSR count). The predicted octanol–water partition coefficient (Wildman–Crippen LogP) is 2.84. The van der Waals surface area contributed by atoms with Gasteiger partial charge in [0.05, 0.1) is 12.1 Å². The van der Waals surface area contributed by atoms with E-state index in [0.717, 1.165) is 28.2 Å². The lowest BCUT2D eigenvalue weighted by atomic mass is 9.94. The van der Waals surface area contributed by atoms with Crippen LogP contribution in [0.2, 0.25) is 0 Å². The Morgan fingerprint density at radius 3 is 2.83 bits per heavy atom. The summed E-state index contributed by atoms with van der Waals surface area (Å²) in [5, 5.41) is 5.19. The third-order valence-electron chi connectivity index (χ3n) is 7.06. The molecule has 35 heavy (non-hydrogen) atoms. The first-order chi connectivity index (χ1) is 16.8. The van der Waals surface area contributed by atoms with Crippen molar-refractivity contribution >= 4 is 41.0 Å². The monoisotopic (exact) mass is 497 g/mol. The maximum absolute atomic E-state index is 13.5. The summed E-state index contributed by atoms with van der Waals surface area (Å²) in [5.74, 6) is -0.374. The van der Waals surface area contributed by atoms with Gasteiger partial charge in [0.1, 0.15) is 6.54 Å². The number of benzene rings is 1. The van der Waals surface area contributed by atoms with Crippen LogP contribution in [-0.4, -0.2) is 58.4 Å². The largest absolute Gasteiger partial charge is 0.427 e. The van der Waals surface area contributed by atoms with Crippen LogP contribution in [0.1, 0.15) is 42.2 Å². The van der Waals surface area contributed by atoms with Crippen molar-refractivity contribution in [2.75, 3.05) is 18.9 Å². The van der Waals surface area contributed by atoms with Crippen LogP contribution in [0.3, 0.4) is 0 Å². The maximum atomic E-state index is 13.5. The van der Waals surface area contributed by atoms with Crippen molar-refractivity contribution in [3.63, 3.8) is 0 Å². The molecule has 0 radical (unpaired) electrons. The number of aromatic nitrogens is 1. The van der Waals surface area contributed by atoms with Crippen LogP contribution in [0.4, 0.5) is 15.3 Å². The lowest BCUT2D eigenvalue weighted by Crippen LogP contribution is -2.47. The molecule has 2 atom stereocenters. The first-order valence-corrected chi connectivity index (χ1v) is 12.5. The van der Waals surface area contributed by atoms with Gasteiger partial charge in [-0.15, -0.1) is 11.3 Å². The lowest BCUT2D eigenvalue weighted by molar-refractivity contribution is -0.143. The van der Waals surface area contributed by atoms with Crippen LogP contribution in [0.25, 0.3) is 0 Å². The number of anilines is 1. The molecule has 1 saturated heterocycles. The lowest BCUT2D eigenvalue weighted by Gasteiger charge is -2.30. The van der Waals surface area contributed by atoms with E-state index in [9.17, 15) is 19.2 Å². The Labute approximate surface area is 206 Å². The molecule has 2 fully saturated rings. The van der Waals surface area contributed by atoms with Crippen molar-refractivity contribution in [3.8, 4) is 0 Å². The minimum Gasteiger partial charge on any atom is -0.427 e. The predicted molar refractivity (Wildman–Crippen MR) is 128 cm³/mol. The molecular formula is C24H27N5O5S. The van der Waals surface area contributed by atoms with E-state index in [1.165, 1.54) is 18.4 Å². The quantitative estimate of drug-likeness (QED) is 0.607. The summed E-state index contributed by atoms with van der Waals surface area (Å²) in [6.45, 7) is 2.05. The summed E-state index contributed by atoms with van der Waals surface area (Å²) in [4.78, 5) is 59.1. The van der Waals surface area contributed by atoms with E-state index in [4.69, 9.17) is 4.74 Å². The molecule has 1 spiro atoms. The number of carbonyl (C=O) groups excluding carboxylic acids is 4. The molecule has 1 saturated carbocycles. The standard InChI is InChI=1S/C24H27N5O5S/c1-14(15-3-4-15)28(11-18-10-26-13-35-18)20(30)12-29-21(31)24(34-23(29)33)8-7-16-9-17(5-6-19(16)24)27-22(32)25-2/h5-6,9-10,13-15H,3-4,7-8,11-12H2,1-2H3,(H2,25,27,32)/t14-,24+/m0/s1. The van der Waals surface area contributed by atoms with E-state index < -0.39 is 17.6 Å². The van der Waals surface area contributed by atoms with Crippen LogP contribution < -0.4 is 10.6 Å². The molecule has 1 aromatic heterocycles. The van der Waals surface area contributed by atoms with Crippen molar-refractivity contribution in [1.29, 1.82) is 0 Å². The molecule has 1 aliphatic heterocycles. The van der Waals surface area contributed by atoms with Gasteiger partial charge in [0.15, 0.2) is 0 Å². The molecule has 5 amide bonds. The first kappa shape index (κ1) is 23.3. The van der Waals surface area contributed by atoms with Gasteiger partial charge in [-0.05, 0) is 49.8 Å². The van der Waals surface area contributed by atoms with Crippen LogP contribution in [0, 0.1) is 5.92 Å². The van der Waals surface area contributed by atoms with Crippen molar-refractivity contribution in [1.82, 2.24) is 20.1 Å². The number of thiazole rings is 1. The molecule has 10 nitrogen and oxygen atoms in total. The number of hydrogen-bond acceptors (Lipinski definition) is 7. The van der Waals surface area contributed by atoms with Gasteiger partial charge < -0.3 is 20.3 Å². The van der Waals surface area contributed by atoms with Gasteiger partial charge >= 0.3 is 12.1 Å². The average Bonchev–Trinajstić information content (AvgIpc) is 3.38. The van der Waals surface area contributed by atoms with E-state index in [1.807, 2.05) is 6.92 Å². The number of rotatable bonds is 7. The first-order valence-electron chi connectivity index (χ1n) is 11.7. The van der Waals surface area contributed by atoms with Crippen molar-refractivity contribution < 1.29 is 23.9 Å². The number of aryl methyl sites for hydroxylation is 1. The third-order valence-corrected chi connectivity index (χ3v) is 7.83. The number of hydrogen-bond donors (Lipinski definition) is 2. The van der Waals surface area contributed by atoms with E-state index in [2.05, 4.69) is 15.6 Å². The maximum Gasteiger partial charge on any atom is 0.418 e. The number of fused-ring (bicyclic) bond motifs is 2. The van der Waals surface area contributed by atoms with Gasteiger partial charge in [0.2, 0.25) is 11.5 Å². The van der Waals surface area contributed by atoms with E-state index >= 15 is 0 Å². The zero-order valence-electron chi connectivity index (χ0n) is 19.6. The molecular weight excluding hydrogens is 470 g/mol. The minimum atomic E-state index is -1.43. The smallest absolute Gasteiger partial charge is 0.418 e. The van der Waals surface area contributed by atoms with Crippen molar-refractivity contribution in [2.24, 2.45) is 5.92 Å². The number of ether oxygens (including phenoxy) is 1. The van der Waals surface area contributed by atoms with Gasteiger partial charge in [0, 0.05) is 41.8 Å². The molecule has 3 aliphatic rings. The Morgan fingerprint density at radius 2 is 2.14 bits per heavy atom. The van der Waals surface area contributed by atoms with Gasteiger partial charge in [-0.3, -0.25) is 14.6 Å². The topological polar surface area (TPSA) is 121 Å². The Balaban J connectivity index is 1.34. The summed E-state index contributed by atoms with van der Waals surface area (Å²) in [7, 11) is 1.52. The van der Waals surface area contributed by atoms with Crippen molar-refractivity contribution in [3.05, 3.63) is 45.9 Å². The minimum absolute atomic E-state index is 0.00531. The highest BCUT2D eigenvalue weighted by Crippen LogP contribution is 2.46. The van der Waals surface area contributed by atoms with E-state index in [0.29, 0.717) is 36.6 Å². The normalized spacial score (nSPS) is 21.6. The van der Waals surface area contributed by atoms with Crippen LogP contribution >= 0.6 is 11.3 Å². The van der Waals surface area contributed by atoms with Crippen molar-refractivity contribution in [2.45, 2.75) is 50.8 Å². The second kappa shape index (κ2) is 8.95. The highest BCUT2D eigenvalue weighted by molar-refractivity contribution is 7.09. The van der Waals surface area contributed by atoms with Crippen LogP contribution in [0.15, 0.2) is 29.9 Å². The molecule has 2 N–H and O–H groups in total. The summed E-state index contributed by atoms with van der Waals surface area (Å²) in [6, 6.07) is 4.81. The summed E-state index contributed by atoms with van der Waals surface area (Å²) in [6.07, 6.45) is 3.86. The SMILES string of the molecule is CNC(=O)Nc1ccc2c(c1)CC[C@@]21OC(=O)N(CC(=O)N(Cc2cncs2)[C@@H](C)C2CC2)C1=O. The molecule has 11 heteroatoms. The highest BCUT2D eigenvalue weighted by atomic mass is 32.1. The number of nitrogens with one attached hydrogen (secondary N) is 2. The average molecular weight is 498 g/mol. The number of amides is 5. The molecule has 184 valence electrons. The Kier molecular flexibility index (Phi) is 5.96. The van der Waals surface area contributed by atoms with E-state index in [-0.39, 0.29) is 24.5 Å². The zero-order chi connectivity index (χ0) is 24.7. The summed E-state index contributed by atoms with van der Waals surface area (Å²) < 4.78 is 5.67. The number of imide groups is 1. The van der Waals surface area contributed by atoms with Gasteiger partial charge in [-0.2, -0.15) is 0 Å². The summed E-state index contributed by atoms with van der Waals surface area (Å²) >= 11 is 1.47. The van der Waals surface area contributed by atoms with Gasteiger partial charge in [0.25, 0.3) is 5.91 Å². The third kappa shape index (κ3) is 4.24. The zero-order valence-corrected chi connectivity index (χ0v) is 20.4. The number of carbonyl (C=O) groups is 4. The molecule has 2 aromatic rings. The number of urea groups is 1. The molecule has 1 aromatic carbocycles. The second-order valence-corrected chi connectivity index (χ2v) is 10.2. The van der Waals surface area contributed by atoms with E-state index in [1.54, 1.807) is 34.8 Å². The van der Waals surface area contributed by atoms with Gasteiger partial charge in [-0.1, -0.05) is 6.07 Å². The van der Waals surface area contributed by atoms with Crippen LogP contribution in [-0.2, 0) is 32.9 Å². The fourth-order valence-corrected chi connectivity index (χ4v) is 5.52. The fourth-order valence-electron chi connectivity index (χ4n) is 4.93. The fraction of sp³-hybridized carbons (Fsp3) is 0.458.